The van der Waals surface area contributed by atoms with E-state index in [4.69, 9.17) is 4.74 Å². The number of nitriles is 1. The van der Waals surface area contributed by atoms with Gasteiger partial charge in [0.15, 0.2) is 24.0 Å². The molecule has 0 aliphatic heterocycles. The fourth-order valence-corrected chi connectivity index (χ4v) is 3.52. The number of hydrogen-bond acceptors (Lipinski definition) is 7. The smallest absolute Gasteiger partial charge is 0.378 e. The van der Waals surface area contributed by atoms with Gasteiger partial charge in [0.1, 0.15) is 11.6 Å². The first-order valence-electron chi connectivity index (χ1n) is 10.7. The largest absolute Gasteiger partial charge is 0.507 e. The normalized spacial score (nSPS) is 11.6. The quantitative estimate of drug-likeness (QED) is 0.216. The lowest BCUT2D eigenvalue weighted by Crippen LogP contribution is -2.11. The average Bonchev–Trinajstić information content (AvgIpc) is 3.54. The summed E-state index contributed by atoms with van der Waals surface area (Å²) in [6, 6.07) is 27.7. The zero-order chi connectivity index (χ0) is 24.2. The van der Waals surface area contributed by atoms with Crippen LogP contribution in [-0.2, 0) is 4.74 Å². The minimum Gasteiger partial charge on any atom is -0.507 e. The van der Waals surface area contributed by atoms with Crippen molar-refractivity contribution in [1.82, 2.24) is 24.7 Å². The molecule has 5 aromatic rings. The van der Waals surface area contributed by atoms with E-state index in [1.54, 1.807) is 16.8 Å². The van der Waals surface area contributed by atoms with Gasteiger partial charge in [-0.05, 0) is 24.3 Å². The lowest BCUT2D eigenvalue weighted by atomic mass is 10.2. The number of rotatable bonds is 6. The monoisotopic (exact) mass is 462 g/mol. The van der Waals surface area contributed by atoms with Crippen LogP contribution >= 0.6 is 0 Å². The van der Waals surface area contributed by atoms with E-state index in [1.165, 1.54) is 0 Å². The number of aromatic nitrogens is 5. The van der Waals surface area contributed by atoms with Crippen molar-refractivity contribution in [3.8, 4) is 23.1 Å². The Morgan fingerprint density at radius 1 is 0.971 bits per heavy atom. The molecule has 170 valence electrons. The minimum absolute atomic E-state index is 0.123. The highest BCUT2D eigenvalue weighted by Gasteiger charge is 2.21. The van der Waals surface area contributed by atoms with Gasteiger partial charge in [0, 0.05) is 5.56 Å². The molecular weight excluding hydrogens is 444 g/mol. The first-order valence-corrected chi connectivity index (χ1v) is 10.7. The molecule has 2 N–H and O–H groups in total. The fraction of sp³-hybridized carbons (Fsp3) is 0.0385. The summed E-state index contributed by atoms with van der Waals surface area (Å²) >= 11 is 0. The highest BCUT2D eigenvalue weighted by atomic mass is 16.5. The Hall–Kier alpha value is -5.23. The van der Waals surface area contributed by atoms with Crippen LogP contribution in [0.4, 0.5) is 0 Å². The molecule has 3 aromatic carbocycles. The number of aromatic amines is 1. The van der Waals surface area contributed by atoms with Crippen molar-refractivity contribution in [2.45, 2.75) is 0 Å². The number of allylic oxidation sites excluding steroid dienone is 1. The summed E-state index contributed by atoms with van der Waals surface area (Å²) in [4.78, 5) is 24.4. The number of nitrogens with one attached hydrogen (secondary N) is 1. The van der Waals surface area contributed by atoms with Gasteiger partial charge in [-0.15, -0.1) is 5.10 Å². The molecule has 0 bridgehead atoms. The molecule has 0 saturated carbocycles. The maximum Gasteiger partial charge on any atom is 0.378 e. The van der Waals surface area contributed by atoms with Crippen LogP contribution in [0.5, 0.6) is 0 Å². The number of carbonyl (C=O) groups excluding carboxylic acids is 1. The van der Waals surface area contributed by atoms with Crippen molar-refractivity contribution >= 4 is 22.6 Å². The summed E-state index contributed by atoms with van der Waals surface area (Å²) in [5.74, 6) is -0.817. The summed E-state index contributed by atoms with van der Waals surface area (Å²) in [5.41, 5.74) is 2.72. The zero-order valence-electron chi connectivity index (χ0n) is 18.3. The van der Waals surface area contributed by atoms with E-state index in [2.05, 4.69) is 20.1 Å². The van der Waals surface area contributed by atoms with Crippen LogP contribution in [0.15, 0.2) is 90.7 Å². The molecule has 0 radical (unpaired) electrons. The fourth-order valence-electron chi connectivity index (χ4n) is 3.52. The standard InChI is InChI=1S/C26H18N6O3/c27-15-19(23-28-20-13-7-8-14-21(20)29-23)22(33)16-35-26(34)24-30-25(17-9-3-1-4-10-17)32(31-24)18-11-5-2-6-12-18/h1-14,33H,16H2,(H,28,29). The van der Waals surface area contributed by atoms with E-state index >= 15 is 0 Å². The summed E-state index contributed by atoms with van der Waals surface area (Å²) in [5, 5.41) is 24.4. The maximum absolute atomic E-state index is 12.8. The summed E-state index contributed by atoms with van der Waals surface area (Å²) in [6.45, 7) is -0.542. The van der Waals surface area contributed by atoms with Crippen LogP contribution in [0.2, 0.25) is 0 Å². The van der Waals surface area contributed by atoms with Gasteiger partial charge < -0.3 is 14.8 Å². The highest BCUT2D eigenvalue weighted by molar-refractivity contribution is 5.87. The molecule has 5 rings (SSSR count). The average molecular weight is 462 g/mol. The molecule has 0 aliphatic carbocycles. The van der Waals surface area contributed by atoms with Gasteiger partial charge >= 0.3 is 5.97 Å². The van der Waals surface area contributed by atoms with Crippen LogP contribution in [0.1, 0.15) is 16.4 Å². The number of esters is 1. The van der Waals surface area contributed by atoms with Gasteiger partial charge in [-0.25, -0.2) is 19.4 Å². The van der Waals surface area contributed by atoms with Crippen LogP contribution in [0, 0.1) is 11.3 Å². The summed E-state index contributed by atoms with van der Waals surface area (Å²) in [6.07, 6.45) is 0. The summed E-state index contributed by atoms with van der Waals surface area (Å²) in [7, 11) is 0. The van der Waals surface area contributed by atoms with Crippen LogP contribution in [0.3, 0.4) is 0 Å². The van der Waals surface area contributed by atoms with Crippen LogP contribution < -0.4 is 0 Å². The van der Waals surface area contributed by atoms with E-state index < -0.39 is 18.3 Å². The molecule has 35 heavy (non-hydrogen) atoms. The predicted molar refractivity (Wildman–Crippen MR) is 128 cm³/mol. The lowest BCUT2D eigenvalue weighted by Gasteiger charge is -2.05. The number of imidazole rings is 1. The molecule has 0 amide bonds. The maximum atomic E-state index is 12.8. The highest BCUT2D eigenvalue weighted by Crippen LogP contribution is 2.22. The molecule has 0 aliphatic rings. The number of aliphatic hydroxyl groups is 1. The van der Waals surface area contributed by atoms with Gasteiger partial charge in [-0.3, -0.25) is 0 Å². The van der Waals surface area contributed by atoms with Gasteiger partial charge in [0.25, 0.3) is 5.82 Å². The second-order valence-electron chi connectivity index (χ2n) is 7.48. The lowest BCUT2D eigenvalue weighted by molar-refractivity contribution is 0.0488. The topological polar surface area (TPSA) is 130 Å². The van der Waals surface area contributed by atoms with E-state index in [0.717, 1.165) is 11.3 Å². The number of nitrogens with zero attached hydrogens (tertiary/aromatic N) is 5. The molecule has 0 unspecified atom stereocenters. The number of carbonyl (C=O) groups is 1. The number of aliphatic hydroxyl groups excluding tert-OH is 1. The number of H-pyrrole nitrogens is 1. The van der Waals surface area contributed by atoms with Gasteiger partial charge in [0.2, 0.25) is 0 Å². The molecule has 9 nitrogen and oxygen atoms in total. The third-order valence-corrected chi connectivity index (χ3v) is 5.19. The molecule has 2 aromatic heterocycles. The Morgan fingerprint density at radius 3 is 2.37 bits per heavy atom. The van der Waals surface area contributed by atoms with E-state index in [-0.39, 0.29) is 17.2 Å². The van der Waals surface area contributed by atoms with E-state index in [1.807, 2.05) is 78.9 Å². The van der Waals surface area contributed by atoms with Crippen LogP contribution in [0.25, 0.3) is 33.7 Å². The molecule has 0 atom stereocenters. The SMILES string of the molecule is N#CC(=C(O)COC(=O)c1nc(-c2ccccc2)n(-c2ccccc2)n1)c1nc2ccccc2[nH]1. The zero-order valence-corrected chi connectivity index (χ0v) is 18.3. The first kappa shape index (κ1) is 21.6. The Balaban J connectivity index is 1.41. The Bertz CT molecular complexity index is 1490. The molecular formula is C26H18N6O3. The van der Waals surface area contributed by atoms with Gasteiger partial charge in [-0.1, -0.05) is 60.7 Å². The number of ether oxygens (including phenoxy) is 1. The molecule has 0 spiro atoms. The predicted octanol–water partition coefficient (Wildman–Crippen LogP) is 4.46. The molecule has 0 saturated heterocycles. The van der Waals surface area contributed by atoms with Crippen LogP contribution in [-0.4, -0.2) is 42.4 Å². The van der Waals surface area contributed by atoms with Crippen molar-refractivity contribution < 1.29 is 14.6 Å². The van der Waals surface area contributed by atoms with E-state index in [0.29, 0.717) is 16.9 Å². The van der Waals surface area contributed by atoms with Crippen molar-refractivity contribution in [2.75, 3.05) is 6.61 Å². The number of fused-ring (bicyclic) bond motifs is 1. The molecule has 0 fully saturated rings. The minimum atomic E-state index is -0.842. The number of benzene rings is 3. The Labute approximate surface area is 199 Å². The summed E-state index contributed by atoms with van der Waals surface area (Å²) < 4.78 is 6.78. The molecule has 9 heteroatoms. The van der Waals surface area contributed by atoms with Crippen molar-refractivity contribution in [3.63, 3.8) is 0 Å². The third kappa shape index (κ3) is 4.36. The van der Waals surface area contributed by atoms with Gasteiger partial charge in [0.05, 0.1) is 16.7 Å². The van der Waals surface area contributed by atoms with Gasteiger partial charge in [-0.2, -0.15) is 5.26 Å². The first-order chi connectivity index (χ1) is 17.1. The third-order valence-electron chi connectivity index (χ3n) is 5.19. The van der Waals surface area contributed by atoms with Crippen molar-refractivity contribution in [1.29, 1.82) is 5.26 Å². The Kier molecular flexibility index (Phi) is 5.76. The second kappa shape index (κ2) is 9.33. The van der Waals surface area contributed by atoms with Crippen molar-refractivity contribution in [2.24, 2.45) is 0 Å². The van der Waals surface area contributed by atoms with Crippen molar-refractivity contribution in [3.05, 3.63) is 102 Å². The molecule has 2 heterocycles. The Morgan fingerprint density at radius 2 is 1.66 bits per heavy atom. The second-order valence-corrected chi connectivity index (χ2v) is 7.48. The van der Waals surface area contributed by atoms with E-state index in [9.17, 15) is 15.2 Å². The number of hydrogen-bond donors (Lipinski definition) is 2. The number of para-hydroxylation sites is 3.